The number of hydrogen-bond donors (Lipinski definition) is 2. The van der Waals surface area contributed by atoms with Crippen LogP contribution < -0.4 is 5.73 Å². The molecule has 0 fully saturated rings. The summed E-state index contributed by atoms with van der Waals surface area (Å²) in [4.78, 5) is 3.97. The maximum atomic E-state index is 8.69. The Kier molecular flexibility index (Phi) is 9.03. The summed E-state index contributed by atoms with van der Waals surface area (Å²) < 4.78 is 0.770. The molecule has 0 aliphatic carbocycles. The van der Waals surface area contributed by atoms with Gasteiger partial charge in [0.2, 0.25) is 0 Å². The summed E-state index contributed by atoms with van der Waals surface area (Å²) in [6.45, 7) is -0.0523. The molecule has 0 aromatic carbocycles. The number of rotatable bonds is 2. The van der Waals surface area contributed by atoms with Crippen LogP contribution >= 0.6 is 40.7 Å². The van der Waals surface area contributed by atoms with Gasteiger partial charge in [-0.25, -0.2) is 4.98 Å². The van der Waals surface area contributed by atoms with Crippen LogP contribution in [0.3, 0.4) is 0 Å². The molecule has 6 heteroatoms. The maximum Gasteiger partial charge on any atom is 0.106 e. The SMILES string of the molecule is Cl.Cl.N[C@H](CO)c1ccc(Br)nc1. The number of aromatic nitrogens is 1. The predicted molar refractivity (Wildman–Crippen MR) is 60.4 cm³/mol. The van der Waals surface area contributed by atoms with Gasteiger partial charge in [0, 0.05) is 6.20 Å². The molecule has 13 heavy (non-hydrogen) atoms. The van der Waals surface area contributed by atoms with Gasteiger partial charge in [-0.1, -0.05) is 6.07 Å². The molecule has 1 atom stereocenters. The molecule has 0 saturated heterocycles. The molecule has 0 bridgehead atoms. The number of aliphatic hydroxyl groups is 1. The molecule has 0 saturated carbocycles. The van der Waals surface area contributed by atoms with Crippen molar-refractivity contribution in [2.45, 2.75) is 6.04 Å². The van der Waals surface area contributed by atoms with Crippen LogP contribution in [0.4, 0.5) is 0 Å². The van der Waals surface area contributed by atoms with Crippen molar-refractivity contribution < 1.29 is 5.11 Å². The molecular weight excluding hydrogens is 279 g/mol. The van der Waals surface area contributed by atoms with E-state index >= 15 is 0 Å². The smallest absolute Gasteiger partial charge is 0.106 e. The third-order valence-corrected chi connectivity index (χ3v) is 1.84. The van der Waals surface area contributed by atoms with Gasteiger partial charge in [0.05, 0.1) is 12.6 Å². The monoisotopic (exact) mass is 288 g/mol. The van der Waals surface area contributed by atoms with Crippen LogP contribution in [0.5, 0.6) is 0 Å². The molecule has 1 rings (SSSR count). The van der Waals surface area contributed by atoms with Crippen LogP contribution in [0.25, 0.3) is 0 Å². The maximum absolute atomic E-state index is 8.69. The van der Waals surface area contributed by atoms with Gasteiger partial charge >= 0.3 is 0 Å². The molecule has 0 amide bonds. The average Bonchev–Trinajstić information content (AvgIpc) is 2.05. The van der Waals surface area contributed by atoms with Crippen molar-refractivity contribution in [3.05, 3.63) is 28.5 Å². The minimum atomic E-state index is -0.324. The second kappa shape index (κ2) is 7.53. The van der Waals surface area contributed by atoms with E-state index in [-0.39, 0.29) is 37.5 Å². The highest BCUT2D eigenvalue weighted by atomic mass is 79.9. The van der Waals surface area contributed by atoms with Crippen molar-refractivity contribution in [1.82, 2.24) is 4.98 Å². The number of pyridine rings is 1. The molecule has 1 aromatic rings. The number of nitrogens with two attached hydrogens (primary N) is 1. The molecule has 0 unspecified atom stereocenters. The first-order valence-electron chi connectivity index (χ1n) is 3.22. The normalized spacial score (nSPS) is 11.0. The fourth-order valence-corrected chi connectivity index (χ4v) is 0.947. The van der Waals surface area contributed by atoms with Gasteiger partial charge in [0.25, 0.3) is 0 Å². The summed E-state index contributed by atoms with van der Waals surface area (Å²) in [7, 11) is 0. The minimum Gasteiger partial charge on any atom is -0.394 e. The second-order valence-corrected chi connectivity index (χ2v) is 3.02. The summed E-state index contributed by atoms with van der Waals surface area (Å²) in [6, 6.07) is 3.30. The molecule has 1 heterocycles. The van der Waals surface area contributed by atoms with Crippen LogP contribution in [0.15, 0.2) is 22.9 Å². The molecule has 0 radical (unpaired) electrons. The van der Waals surface area contributed by atoms with Crippen molar-refractivity contribution in [3.63, 3.8) is 0 Å². The third-order valence-electron chi connectivity index (χ3n) is 1.38. The number of hydrogen-bond acceptors (Lipinski definition) is 3. The third kappa shape index (κ3) is 4.78. The van der Waals surface area contributed by atoms with E-state index in [9.17, 15) is 0 Å². The zero-order valence-corrected chi connectivity index (χ0v) is 9.90. The highest BCUT2D eigenvalue weighted by molar-refractivity contribution is 9.10. The Balaban J connectivity index is 0. The van der Waals surface area contributed by atoms with E-state index < -0.39 is 0 Å². The molecule has 0 aliphatic rings. The van der Waals surface area contributed by atoms with Gasteiger partial charge in [-0.15, -0.1) is 24.8 Å². The van der Waals surface area contributed by atoms with Crippen LogP contribution in [-0.2, 0) is 0 Å². The number of aliphatic hydroxyl groups excluding tert-OH is 1. The van der Waals surface area contributed by atoms with E-state index in [2.05, 4.69) is 20.9 Å². The second-order valence-electron chi connectivity index (χ2n) is 2.20. The molecule has 1 aromatic heterocycles. The zero-order valence-electron chi connectivity index (χ0n) is 6.68. The van der Waals surface area contributed by atoms with Gasteiger partial charge in [-0.3, -0.25) is 0 Å². The first-order valence-corrected chi connectivity index (χ1v) is 4.01. The highest BCUT2D eigenvalue weighted by Gasteiger charge is 2.02. The molecule has 0 aliphatic heterocycles. The Morgan fingerprint density at radius 2 is 2.08 bits per heavy atom. The number of nitrogens with zero attached hydrogens (tertiary/aromatic N) is 1. The summed E-state index contributed by atoms with van der Waals surface area (Å²) in [5, 5.41) is 8.69. The summed E-state index contributed by atoms with van der Waals surface area (Å²) >= 11 is 3.20. The van der Waals surface area contributed by atoms with Crippen molar-refractivity contribution in [3.8, 4) is 0 Å². The Morgan fingerprint density at radius 3 is 2.46 bits per heavy atom. The lowest BCUT2D eigenvalue weighted by molar-refractivity contribution is 0.268. The van der Waals surface area contributed by atoms with E-state index in [0.717, 1.165) is 10.2 Å². The largest absolute Gasteiger partial charge is 0.394 e. The fraction of sp³-hybridized carbons (Fsp3) is 0.286. The fourth-order valence-electron chi connectivity index (χ4n) is 0.712. The van der Waals surface area contributed by atoms with Crippen molar-refractivity contribution in [2.24, 2.45) is 5.73 Å². The van der Waals surface area contributed by atoms with Crippen molar-refractivity contribution >= 4 is 40.7 Å². The van der Waals surface area contributed by atoms with E-state index in [0.29, 0.717) is 0 Å². The Morgan fingerprint density at radius 1 is 1.46 bits per heavy atom. The average molecular weight is 290 g/mol. The van der Waals surface area contributed by atoms with E-state index in [4.69, 9.17) is 10.8 Å². The summed E-state index contributed by atoms with van der Waals surface area (Å²) in [5.74, 6) is 0. The van der Waals surface area contributed by atoms with Crippen LogP contribution in [0.2, 0.25) is 0 Å². The minimum absolute atomic E-state index is 0. The van der Waals surface area contributed by atoms with Gasteiger partial charge in [-0.05, 0) is 27.6 Å². The van der Waals surface area contributed by atoms with Crippen molar-refractivity contribution in [1.29, 1.82) is 0 Å². The van der Waals surface area contributed by atoms with Gasteiger partial charge in [0.1, 0.15) is 4.60 Å². The Hall–Kier alpha value is 0.130. The quantitative estimate of drug-likeness (QED) is 0.815. The van der Waals surface area contributed by atoms with Crippen LogP contribution in [-0.4, -0.2) is 16.7 Å². The standard InChI is InChI=1S/C7H9BrN2O.2ClH/c8-7-2-1-5(3-10-7)6(9)4-11;;/h1-3,6,11H,4,9H2;2*1H/t6-;;/m1../s1. The number of halogens is 3. The van der Waals surface area contributed by atoms with Crippen molar-refractivity contribution in [2.75, 3.05) is 6.61 Å². The molecule has 3 nitrogen and oxygen atoms in total. The first kappa shape index (κ1) is 15.6. The molecule has 76 valence electrons. The van der Waals surface area contributed by atoms with E-state index in [1.54, 1.807) is 12.3 Å². The molecule has 3 N–H and O–H groups in total. The Bertz CT molecular complexity index is 232. The van der Waals surface area contributed by atoms with E-state index in [1.165, 1.54) is 0 Å². The van der Waals surface area contributed by atoms with Gasteiger partial charge in [0.15, 0.2) is 0 Å². The predicted octanol–water partition coefficient (Wildman–Crippen LogP) is 1.68. The first-order chi connectivity index (χ1) is 5.24. The highest BCUT2D eigenvalue weighted by Crippen LogP contribution is 2.11. The van der Waals surface area contributed by atoms with Crippen LogP contribution in [0, 0.1) is 0 Å². The van der Waals surface area contributed by atoms with Gasteiger partial charge in [-0.2, -0.15) is 0 Å². The van der Waals surface area contributed by atoms with Gasteiger partial charge < -0.3 is 10.8 Å². The van der Waals surface area contributed by atoms with E-state index in [1.807, 2.05) is 6.07 Å². The summed E-state index contributed by atoms with van der Waals surface area (Å²) in [5.41, 5.74) is 6.38. The molecular formula is C7H11BrCl2N2O. The zero-order chi connectivity index (χ0) is 8.27. The Labute approximate surface area is 97.7 Å². The lowest BCUT2D eigenvalue weighted by Crippen LogP contribution is -2.14. The lowest BCUT2D eigenvalue weighted by atomic mass is 10.1. The summed E-state index contributed by atoms with van der Waals surface area (Å²) in [6.07, 6.45) is 1.64. The molecule has 0 spiro atoms. The lowest BCUT2D eigenvalue weighted by Gasteiger charge is -2.06. The topological polar surface area (TPSA) is 59.1 Å². The van der Waals surface area contributed by atoms with Crippen LogP contribution in [0.1, 0.15) is 11.6 Å².